The van der Waals surface area contributed by atoms with Crippen LogP contribution in [0, 0.1) is 0 Å². The number of rotatable bonds is 7. The molecule has 1 unspecified atom stereocenters. The smallest absolute Gasteiger partial charge is 0.118 e. The van der Waals surface area contributed by atoms with Crippen molar-refractivity contribution in [1.82, 2.24) is 5.32 Å². The first kappa shape index (κ1) is 14.8. The largest absolute Gasteiger partial charge is 0.464 e. The van der Waals surface area contributed by atoms with Gasteiger partial charge in [-0.25, -0.2) is 0 Å². The maximum absolute atomic E-state index is 12.2. The first-order valence-corrected chi connectivity index (χ1v) is 8.96. The van der Waals surface area contributed by atoms with E-state index in [-0.39, 0.29) is 0 Å². The SMILES string of the molecule is O=S(Cc1ccc(Cl)cc1)Cc1ccc(CNC2CC2)o1. The summed E-state index contributed by atoms with van der Waals surface area (Å²) in [4.78, 5) is 0. The second kappa shape index (κ2) is 6.77. The van der Waals surface area contributed by atoms with Gasteiger partial charge in [0.25, 0.3) is 0 Å². The molecule has 1 heterocycles. The summed E-state index contributed by atoms with van der Waals surface area (Å²) < 4.78 is 17.9. The third-order valence-electron chi connectivity index (χ3n) is 3.40. The van der Waals surface area contributed by atoms with Crippen LogP contribution in [-0.4, -0.2) is 10.3 Å². The van der Waals surface area contributed by atoms with Gasteiger partial charge in [0, 0.05) is 27.6 Å². The molecule has 5 heteroatoms. The molecule has 3 nitrogen and oxygen atoms in total. The zero-order valence-electron chi connectivity index (χ0n) is 11.7. The molecule has 112 valence electrons. The van der Waals surface area contributed by atoms with Gasteiger partial charge in [-0.1, -0.05) is 23.7 Å². The number of nitrogens with one attached hydrogen (secondary N) is 1. The van der Waals surface area contributed by atoms with Gasteiger partial charge < -0.3 is 9.73 Å². The van der Waals surface area contributed by atoms with E-state index in [1.807, 2.05) is 36.4 Å². The lowest BCUT2D eigenvalue weighted by molar-refractivity contribution is 0.457. The van der Waals surface area contributed by atoms with Crippen molar-refractivity contribution in [2.75, 3.05) is 0 Å². The lowest BCUT2D eigenvalue weighted by Gasteiger charge is -2.02. The number of hydrogen-bond acceptors (Lipinski definition) is 3. The van der Waals surface area contributed by atoms with Gasteiger partial charge in [-0.3, -0.25) is 4.21 Å². The fourth-order valence-corrected chi connectivity index (χ4v) is 3.37. The zero-order chi connectivity index (χ0) is 14.7. The molecule has 1 aliphatic rings. The average molecular weight is 324 g/mol. The lowest BCUT2D eigenvalue weighted by atomic mass is 10.2. The van der Waals surface area contributed by atoms with Gasteiger partial charge in [-0.2, -0.15) is 0 Å². The molecule has 1 atom stereocenters. The van der Waals surface area contributed by atoms with Crippen LogP contribution in [-0.2, 0) is 28.9 Å². The number of hydrogen-bond donors (Lipinski definition) is 1. The lowest BCUT2D eigenvalue weighted by Crippen LogP contribution is -2.14. The summed E-state index contributed by atoms with van der Waals surface area (Å²) in [5.41, 5.74) is 1.03. The van der Waals surface area contributed by atoms with Gasteiger partial charge >= 0.3 is 0 Å². The van der Waals surface area contributed by atoms with Crippen LogP contribution in [0.5, 0.6) is 0 Å². The van der Waals surface area contributed by atoms with Crippen molar-refractivity contribution in [3.63, 3.8) is 0 Å². The highest BCUT2D eigenvalue weighted by atomic mass is 35.5. The second-order valence-corrected chi connectivity index (χ2v) is 7.27. The minimum absolute atomic E-state index is 0.450. The molecule has 0 spiro atoms. The first-order chi connectivity index (χ1) is 10.2. The van der Waals surface area contributed by atoms with Gasteiger partial charge in [0.1, 0.15) is 11.5 Å². The summed E-state index contributed by atoms with van der Waals surface area (Å²) in [7, 11) is -0.973. The minimum Gasteiger partial charge on any atom is -0.464 e. The van der Waals surface area contributed by atoms with Gasteiger partial charge in [0.2, 0.25) is 0 Å². The first-order valence-electron chi connectivity index (χ1n) is 7.09. The van der Waals surface area contributed by atoms with Crippen LogP contribution in [0.15, 0.2) is 40.8 Å². The Morgan fingerprint density at radius 1 is 1.10 bits per heavy atom. The topological polar surface area (TPSA) is 42.2 Å². The molecule has 1 aliphatic carbocycles. The molecule has 1 saturated carbocycles. The maximum Gasteiger partial charge on any atom is 0.118 e. The summed E-state index contributed by atoms with van der Waals surface area (Å²) >= 11 is 5.84. The van der Waals surface area contributed by atoms with Crippen molar-refractivity contribution >= 4 is 22.4 Å². The molecule has 0 bridgehead atoms. The highest BCUT2D eigenvalue weighted by Gasteiger charge is 2.20. The minimum atomic E-state index is -0.973. The summed E-state index contributed by atoms with van der Waals surface area (Å²) in [6.45, 7) is 0.758. The molecule has 21 heavy (non-hydrogen) atoms. The van der Waals surface area contributed by atoms with Gasteiger partial charge in [0.05, 0.1) is 12.3 Å². The molecule has 3 rings (SSSR count). The van der Waals surface area contributed by atoms with Gasteiger partial charge in [-0.05, 0) is 42.7 Å². The third kappa shape index (κ3) is 4.70. The highest BCUT2D eigenvalue weighted by molar-refractivity contribution is 7.83. The molecular weight excluding hydrogens is 306 g/mol. The van der Waals surface area contributed by atoms with E-state index in [1.54, 1.807) is 0 Å². The molecule has 0 aliphatic heterocycles. The van der Waals surface area contributed by atoms with E-state index in [0.29, 0.717) is 22.6 Å². The fourth-order valence-electron chi connectivity index (χ4n) is 2.10. The molecule has 2 aromatic rings. The van der Waals surface area contributed by atoms with Crippen LogP contribution in [0.4, 0.5) is 0 Å². The number of benzene rings is 1. The monoisotopic (exact) mass is 323 g/mol. The molecule has 1 aromatic carbocycles. The van der Waals surface area contributed by atoms with Crippen molar-refractivity contribution in [2.24, 2.45) is 0 Å². The highest BCUT2D eigenvalue weighted by Crippen LogP contribution is 2.20. The van der Waals surface area contributed by atoms with Crippen LogP contribution in [0.25, 0.3) is 0 Å². The predicted octanol–water partition coefficient (Wildman–Crippen LogP) is 3.63. The van der Waals surface area contributed by atoms with Gasteiger partial charge in [0.15, 0.2) is 0 Å². The average Bonchev–Trinajstić information content (AvgIpc) is 3.19. The van der Waals surface area contributed by atoms with E-state index in [2.05, 4.69) is 5.32 Å². The Morgan fingerprint density at radius 2 is 1.81 bits per heavy atom. The second-order valence-electron chi connectivity index (χ2n) is 5.38. The Morgan fingerprint density at radius 3 is 2.52 bits per heavy atom. The van der Waals surface area contributed by atoms with Crippen LogP contribution in [0.2, 0.25) is 5.02 Å². The van der Waals surface area contributed by atoms with E-state index in [9.17, 15) is 4.21 Å². The van der Waals surface area contributed by atoms with E-state index < -0.39 is 10.8 Å². The summed E-state index contributed by atoms with van der Waals surface area (Å²) in [6.07, 6.45) is 2.53. The van der Waals surface area contributed by atoms with E-state index >= 15 is 0 Å². The molecular formula is C16H18ClNO2S. The van der Waals surface area contributed by atoms with Crippen LogP contribution in [0.1, 0.15) is 29.9 Å². The normalized spacial score (nSPS) is 16.0. The summed E-state index contributed by atoms with van der Waals surface area (Å²) in [6, 6.07) is 12.0. The number of halogens is 1. The quantitative estimate of drug-likeness (QED) is 0.846. The molecule has 1 fully saturated rings. The van der Waals surface area contributed by atoms with Crippen molar-refractivity contribution in [1.29, 1.82) is 0 Å². The van der Waals surface area contributed by atoms with E-state index in [4.69, 9.17) is 16.0 Å². The Hall–Kier alpha value is -1.10. The molecule has 0 saturated heterocycles. The Kier molecular flexibility index (Phi) is 4.78. The molecule has 1 N–H and O–H groups in total. The van der Waals surface area contributed by atoms with Crippen molar-refractivity contribution in [3.05, 3.63) is 58.5 Å². The van der Waals surface area contributed by atoms with Gasteiger partial charge in [-0.15, -0.1) is 0 Å². The molecule has 0 radical (unpaired) electrons. The zero-order valence-corrected chi connectivity index (χ0v) is 13.3. The van der Waals surface area contributed by atoms with Crippen molar-refractivity contribution in [3.8, 4) is 0 Å². The predicted molar refractivity (Wildman–Crippen MR) is 85.6 cm³/mol. The standard InChI is InChI=1S/C16H18ClNO2S/c17-13-3-1-12(2-4-13)10-21(19)11-16-8-7-15(20-16)9-18-14-5-6-14/h1-4,7-8,14,18H,5-6,9-11H2. The summed E-state index contributed by atoms with van der Waals surface area (Å²) in [5, 5.41) is 4.10. The van der Waals surface area contributed by atoms with Crippen molar-refractivity contribution < 1.29 is 8.63 Å². The third-order valence-corrected chi connectivity index (χ3v) is 4.92. The van der Waals surface area contributed by atoms with Crippen LogP contribution >= 0.6 is 11.6 Å². The van der Waals surface area contributed by atoms with Crippen LogP contribution < -0.4 is 5.32 Å². The maximum atomic E-state index is 12.2. The Balaban J connectivity index is 1.50. The fraction of sp³-hybridized carbons (Fsp3) is 0.375. The van der Waals surface area contributed by atoms with E-state index in [0.717, 1.165) is 23.6 Å². The molecule has 0 amide bonds. The van der Waals surface area contributed by atoms with E-state index in [1.165, 1.54) is 12.8 Å². The van der Waals surface area contributed by atoms with Crippen molar-refractivity contribution in [2.45, 2.75) is 36.9 Å². The summed E-state index contributed by atoms with van der Waals surface area (Å²) in [5.74, 6) is 2.68. The Bertz CT molecular complexity index is 619. The number of furan rings is 1. The Labute approximate surface area is 132 Å². The molecule has 1 aromatic heterocycles. The van der Waals surface area contributed by atoms with Crippen LogP contribution in [0.3, 0.4) is 0 Å².